The van der Waals surface area contributed by atoms with Crippen LogP contribution in [-0.2, 0) is 0 Å². The van der Waals surface area contributed by atoms with E-state index < -0.39 is 0 Å². The van der Waals surface area contributed by atoms with Crippen molar-refractivity contribution >= 4 is 22.2 Å². The molecule has 21 heavy (non-hydrogen) atoms. The number of hydrogen-bond donors (Lipinski definition) is 1. The monoisotopic (exact) mass is 275 g/mol. The van der Waals surface area contributed by atoms with E-state index in [0.29, 0.717) is 13.0 Å². The molecule has 0 aliphatic rings. The number of nitrogens with one attached hydrogen (secondary N) is 1. The first-order chi connectivity index (χ1) is 10.3. The van der Waals surface area contributed by atoms with E-state index in [4.69, 9.17) is 0 Å². The zero-order valence-corrected chi connectivity index (χ0v) is 11.8. The van der Waals surface area contributed by atoms with Gasteiger partial charge in [-0.15, -0.1) is 0 Å². The molecule has 0 aliphatic heterocycles. The van der Waals surface area contributed by atoms with Gasteiger partial charge in [-0.25, -0.2) is 0 Å². The van der Waals surface area contributed by atoms with E-state index in [0.717, 1.165) is 11.3 Å². The third-order valence-electron chi connectivity index (χ3n) is 3.53. The minimum absolute atomic E-state index is 0.170. The van der Waals surface area contributed by atoms with Gasteiger partial charge in [-0.05, 0) is 22.9 Å². The second-order valence-corrected chi connectivity index (χ2v) is 5.03. The molecule has 0 heterocycles. The van der Waals surface area contributed by atoms with E-state index in [1.54, 1.807) is 0 Å². The third kappa shape index (κ3) is 3.29. The Balaban J connectivity index is 1.60. The lowest BCUT2D eigenvalue weighted by Gasteiger charge is -2.07. The van der Waals surface area contributed by atoms with Crippen LogP contribution in [0.4, 0.5) is 5.69 Å². The molecule has 3 aromatic rings. The van der Waals surface area contributed by atoms with Gasteiger partial charge < -0.3 is 5.32 Å². The Morgan fingerprint density at radius 2 is 1.52 bits per heavy atom. The van der Waals surface area contributed by atoms with Crippen LogP contribution in [0, 0.1) is 0 Å². The first-order valence-electron chi connectivity index (χ1n) is 7.14. The van der Waals surface area contributed by atoms with E-state index in [2.05, 4.69) is 35.6 Å². The predicted molar refractivity (Wildman–Crippen MR) is 87.8 cm³/mol. The molecule has 0 aromatic heterocycles. The number of carbonyl (C=O) groups is 1. The Hall–Kier alpha value is -2.61. The van der Waals surface area contributed by atoms with Gasteiger partial charge >= 0.3 is 0 Å². The summed E-state index contributed by atoms with van der Waals surface area (Å²) in [6, 6.07) is 23.9. The van der Waals surface area contributed by atoms with Gasteiger partial charge in [0.25, 0.3) is 0 Å². The van der Waals surface area contributed by atoms with E-state index in [-0.39, 0.29) is 5.78 Å². The molecule has 2 nitrogen and oxygen atoms in total. The van der Waals surface area contributed by atoms with Crippen molar-refractivity contribution in [1.29, 1.82) is 0 Å². The number of hydrogen-bond acceptors (Lipinski definition) is 2. The Morgan fingerprint density at radius 1 is 0.810 bits per heavy atom. The maximum atomic E-state index is 12.0. The van der Waals surface area contributed by atoms with E-state index in [9.17, 15) is 4.79 Å². The van der Waals surface area contributed by atoms with Crippen molar-refractivity contribution in [2.24, 2.45) is 0 Å². The van der Waals surface area contributed by atoms with Crippen LogP contribution in [0.3, 0.4) is 0 Å². The summed E-state index contributed by atoms with van der Waals surface area (Å²) in [5.74, 6) is 0.170. The minimum atomic E-state index is 0.170. The Bertz CT molecular complexity index is 750. The fourth-order valence-corrected chi connectivity index (χ4v) is 2.39. The van der Waals surface area contributed by atoms with Gasteiger partial charge in [-0.1, -0.05) is 60.7 Å². The van der Waals surface area contributed by atoms with Gasteiger partial charge in [-0.2, -0.15) is 0 Å². The molecular formula is C19H17NO. The van der Waals surface area contributed by atoms with Crippen LogP contribution in [0.25, 0.3) is 10.8 Å². The normalized spacial score (nSPS) is 10.5. The standard InChI is InChI=1S/C19H17NO/c21-19(16-7-2-1-3-8-16)12-13-20-18-11-10-15-6-4-5-9-17(15)14-18/h1-11,14,20H,12-13H2. The molecule has 0 fully saturated rings. The number of anilines is 1. The first-order valence-corrected chi connectivity index (χ1v) is 7.14. The van der Waals surface area contributed by atoms with Crippen LogP contribution in [0.15, 0.2) is 72.8 Å². The van der Waals surface area contributed by atoms with Crippen molar-refractivity contribution in [3.8, 4) is 0 Å². The molecule has 3 rings (SSSR count). The lowest BCUT2D eigenvalue weighted by atomic mass is 10.1. The summed E-state index contributed by atoms with van der Waals surface area (Å²) in [5, 5.41) is 5.75. The largest absolute Gasteiger partial charge is 0.385 e. The van der Waals surface area contributed by atoms with Crippen LogP contribution in [0.2, 0.25) is 0 Å². The molecule has 0 bridgehead atoms. The van der Waals surface area contributed by atoms with Crippen molar-refractivity contribution in [2.75, 3.05) is 11.9 Å². The number of ketones is 1. The first kappa shape index (κ1) is 13.4. The van der Waals surface area contributed by atoms with Crippen LogP contribution in [0.1, 0.15) is 16.8 Å². The molecule has 3 aromatic carbocycles. The summed E-state index contributed by atoms with van der Waals surface area (Å²) >= 11 is 0. The number of carbonyl (C=O) groups excluding carboxylic acids is 1. The van der Waals surface area contributed by atoms with Gasteiger partial charge in [0.15, 0.2) is 5.78 Å². The molecule has 0 spiro atoms. The number of benzene rings is 3. The highest BCUT2D eigenvalue weighted by atomic mass is 16.1. The van der Waals surface area contributed by atoms with E-state index in [1.807, 2.05) is 42.5 Å². The van der Waals surface area contributed by atoms with Crippen LogP contribution >= 0.6 is 0 Å². The van der Waals surface area contributed by atoms with Crippen molar-refractivity contribution in [3.63, 3.8) is 0 Å². The molecule has 1 N–H and O–H groups in total. The average Bonchev–Trinajstić information content (AvgIpc) is 2.55. The summed E-state index contributed by atoms with van der Waals surface area (Å²) in [6.45, 7) is 0.645. The maximum Gasteiger partial charge on any atom is 0.164 e. The fraction of sp³-hybridized carbons (Fsp3) is 0.105. The average molecular weight is 275 g/mol. The summed E-state index contributed by atoms with van der Waals surface area (Å²) in [6.07, 6.45) is 0.497. The van der Waals surface area contributed by atoms with Crippen molar-refractivity contribution in [2.45, 2.75) is 6.42 Å². The Morgan fingerprint density at radius 3 is 2.33 bits per heavy atom. The van der Waals surface area contributed by atoms with Crippen LogP contribution in [-0.4, -0.2) is 12.3 Å². The number of fused-ring (bicyclic) bond motifs is 1. The minimum Gasteiger partial charge on any atom is -0.385 e. The summed E-state index contributed by atoms with van der Waals surface area (Å²) < 4.78 is 0. The van der Waals surface area contributed by atoms with Crippen molar-refractivity contribution in [1.82, 2.24) is 0 Å². The fourth-order valence-electron chi connectivity index (χ4n) is 2.39. The van der Waals surface area contributed by atoms with Crippen LogP contribution in [0.5, 0.6) is 0 Å². The van der Waals surface area contributed by atoms with Gasteiger partial charge in [-0.3, -0.25) is 4.79 Å². The molecule has 0 aliphatic carbocycles. The van der Waals surface area contributed by atoms with Gasteiger partial charge in [0.05, 0.1) is 0 Å². The molecule has 0 amide bonds. The second kappa shape index (κ2) is 6.23. The van der Waals surface area contributed by atoms with Crippen molar-refractivity contribution in [3.05, 3.63) is 78.4 Å². The smallest absolute Gasteiger partial charge is 0.164 e. The number of Topliss-reactive ketones (excluding diaryl/α,β-unsaturated/α-hetero) is 1. The molecule has 0 unspecified atom stereocenters. The summed E-state index contributed by atoms with van der Waals surface area (Å²) in [7, 11) is 0. The van der Waals surface area contributed by atoms with Crippen molar-refractivity contribution < 1.29 is 4.79 Å². The van der Waals surface area contributed by atoms with Gasteiger partial charge in [0, 0.05) is 24.2 Å². The van der Waals surface area contributed by atoms with Crippen LogP contribution < -0.4 is 5.32 Å². The second-order valence-electron chi connectivity index (χ2n) is 5.03. The highest BCUT2D eigenvalue weighted by Crippen LogP contribution is 2.18. The zero-order valence-electron chi connectivity index (χ0n) is 11.8. The quantitative estimate of drug-likeness (QED) is 0.693. The summed E-state index contributed by atoms with van der Waals surface area (Å²) in [5.41, 5.74) is 1.83. The van der Waals surface area contributed by atoms with Gasteiger partial charge in [0.2, 0.25) is 0 Å². The number of rotatable bonds is 5. The molecule has 0 saturated heterocycles. The Kier molecular flexibility index (Phi) is 3.97. The third-order valence-corrected chi connectivity index (χ3v) is 3.53. The molecule has 0 saturated carbocycles. The maximum absolute atomic E-state index is 12.0. The lowest BCUT2D eigenvalue weighted by molar-refractivity contribution is 0.0986. The molecule has 2 heteroatoms. The molecule has 0 atom stereocenters. The Labute approximate surface area is 124 Å². The van der Waals surface area contributed by atoms with Gasteiger partial charge in [0.1, 0.15) is 0 Å². The molecule has 104 valence electrons. The molecular weight excluding hydrogens is 258 g/mol. The lowest BCUT2D eigenvalue weighted by Crippen LogP contribution is -2.08. The predicted octanol–water partition coefficient (Wildman–Crippen LogP) is 4.52. The van der Waals surface area contributed by atoms with E-state index >= 15 is 0 Å². The zero-order chi connectivity index (χ0) is 14.5. The van der Waals surface area contributed by atoms with E-state index in [1.165, 1.54) is 10.8 Å². The SMILES string of the molecule is O=C(CCNc1ccc2ccccc2c1)c1ccccc1. The topological polar surface area (TPSA) is 29.1 Å². The highest BCUT2D eigenvalue weighted by Gasteiger charge is 2.04. The highest BCUT2D eigenvalue weighted by molar-refractivity contribution is 5.96. The molecule has 0 radical (unpaired) electrons. The summed E-state index contributed by atoms with van der Waals surface area (Å²) in [4.78, 5) is 12.0.